The Morgan fingerprint density at radius 1 is 1.38 bits per heavy atom. The van der Waals surface area contributed by atoms with Crippen LogP contribution < -0.4 is 5.73 Å². The molecular formula is C13H15N3O3S2. The average molecular weight is 325 g/mol. The molecule has 21 heavy (non-hydrogen) atoms. The number of hydrogen-bond donors (Lipinski definition) is 1. The second-order valence-corrected chi connectivity index (χ2v) is 7.44. The van der Waals surface area contributed by atoms with Crippen LogP contribution in [0.25, 0.3) is 0 Å². The highest BCUT2D eigenvalue weighted by atomic mass is 32.2. The zero-order valence-corrected chi connectivity index (χ0v) is 13.2. The molecule has 0 radical (unpaired) electrons. The highest BCUT2D eigenvalue weighted by molar-refractivity contribution is 7.90. The number of thiazole rings is 1. The summed E-state index contributed by atoms with van der Waals surface area (Å²) in [5, 5.41) is 1.85. The first-order valence-electron chi connectivity index (χ1n) is 6.00. The highest BCUT2D eigenvalue weighted by Gasteiger charge is 2.17. The van der Waals surface area contributed by atoms with Crippen LogP contribution in [0.5, 0.6) is 0 Å². The first kappa shape index (κ1) is 15.5. The maximum Gasteiger partial charge on any atom is 0.254 e. The molecule has 112 valence electrons. The van der Waals surface area contributed by atoms with Crippen LogP contribution in [0.4, 0.5) is 5.69 Å². The monoisotopic (exact) mass is 325 g/mol. The minimum absolute atomic E-state index is 0.0351. The Morgan fingerprint density at radius 3 is 2.67 bits per heavy atom. The van der Waals surface area contributed by atoms with Gasteiger partial charge in [-0.3, -0.25) is 4.79 Å². The number of carbonyl (C=O) groups is 1. The van der Waals surface area contributed by atoms with E-state index < -0.39 is 9.84 Å². The molecule has 0 aliphatic carbocycles. The van der Waals surface area contributed by atoms with Crippen molar-refractivity contribution < 1.29 is 13.2 Å². The van der Waals surface area contributed by atoms with E-state index in [-0.39, 0.29) is 22.1 Å². The zero-order valence-electron chi connectivity index (χ0n) is 11.6. The van der Waals surface area contributed by atoms with Gasteiger partial charge in [-0.05, 0) is 18.2 Å². The van der Waals surface area contributed by atoms with Gasteiger partial charge in [-0.15, -0.1) is 11.3 Å². The fraction of sp³-hybridized carbons (Fsp3) is 0.231. The Balaban J connectivity index is 2.28. The van der Waals surface area contributed by atoms with Gasteiger partial charge in [0.1, 0.15) is 0 Å². The fourth-order valence-electron chi connectivity index (χ4n) is 1.81. The molecule has 0 unspecified atom stereocenters. The quantitative estimate of drug-likeness (QED) is 0.858. The first-order valence-corrected chi connectivity index (χ1v) is 8.84. The predicted octanol–water partition coefficient (Wildman–Crippen LogP) is 1.40. The highest BCUT2D eigenvalue weighted by Crippen LogP contribution is 2.18. The van der Waals surface area contributed by atoms with Crippen LogP contribution in [0.3, 0.4) is 0 Å². The van der Waals surface area contributed by atoms with Gasteiger partial charge in [0, 0.05) is 29.9 Å². The molecule has 1 aromatic heterocycles. The third-order valence-corrected chi connectivity index (χ3v) is 4.56. The van der Waals surface area contributed by atoms with E-state index in [0.717, 1.165) is 11.9 Å². The van der Waals surface area contributed by atoms with Crippen molar-refractivity contribution in [1.82, 2.24) is 9.88 Å². The number of amides is 1. The zero-order chi connectivity index (χ0) is 15.6. The van der Waals surface area contributed by atoms with E-state index in [1.165, 1.54) is 34.4 Å². The Labute approximate surface area is 127 Å². The van der Waals surface area contributed by atoms with Gasteiger partial charge in [0.2, 0.25) is 0 Å². The van der Waals surface area contributed by atoms with E-state index in [2.05, 4.69) is 4.98 Å². The summed E-state index contributed by atoms with van der Waals surface area (Å²) in [6, 6.07) is 4.15. The number of anilines is 1. The van der Waals surface area contributed by atoms with Crippen molar-refractivity contribution >= 4 is 32.8 Å². The first-order chi connectivity index (χ1) is 9.77. The summed E-state index contributed by atoms with van der Waals surface area (Å²) in [7, 11) is -1.79. The molecule has 8 heteroatoms. The summed E-state index contributed by atoms with van der Waals surface area (Å²) in [4.78, 5) is 18.0. The molecule has 0 spiro atoms. The number of sulfone groups is 1. The molecule has 0 fully saturated rings. The summed E-state index contributed by atoms with van der Waals surface area (Å²) >= 11 is 1.45. The van der Waals surface area contributed by atoms with Crippen LogP contribution in [-0.4, -0.2) is 37.5 Å². The molecule has 0 saturated carbocycles. The molecule has 2 N–H and O–H groups in total. The van der Waals surface area contributed by atoms with Crippen molar-refractivity contribution in [2.45, 2.75) is 11.4 Å². The minimum atomic E-state index is -3.42. The molecule has 0 bridgehead atoms. The SMILES string of the molecule is CN(Cc1cscn1)C(=O)c1cc(N)cc(S(C)(=O)=O)c1. The van der Waals surface area contributed by atoms with Gasteiger partial charge < -0.3 is 10.6 Å². The second kappa shape index (κ2) is 5.82. The van der Waals surface area contributed by atoms with Gasteiger partial charge in [-0.25, -0.2) is 13.4 Å². The molecule has 6 nitrogen and oxygen atoms in total. The maximum atomic E-state index is 12.4. The van der Waals surface area contributed by atoms with Crippen molar-refractivity contribution in [2.24, 2.45) is 0 Å². The van der Waals surface area contributed by atoms with Crippen LogP contribution in [0, 0.1) is 0 Å². The molecule has 2 rings (SSSR count). The summed E-state index contributed by atoms with van der Waals surface area (Å²) in [5.41, 5.74) is 8.64. The van der Waals surface area contributed by atoms with Crippen LogP contribution in [0.1, 0.15) is 16.1 Å². The van der Waals surface area contributed by atoms with Crippen LogP contribution in [-0.2, 0) is 16.4 Å². The third-order valence-electron chi connectivity index (χ3n) is 2.83. The van der Waals surface area contributed by atoms with Crippen LogP contribution in [0.15, 0.2) is 34.0 Å². The third kappa shape index (κ3) is 3.79. The second-order valence-electron chi connectivity index (χ2n) is 4.70. The van der Waals surface area contributed by atoms with E-state index in [9.17, 15) is 13.2 Å². The van der Waals surface area contributed by atoms with Crippen molar-refractivity contribution in [2.75, 3.05) is 19.0 Å². The standard InChI is InChI=1S/C13H15N3O3S2/c1-16(6-11-7-20-8-15-11)13(17)9-3-10(14)5-12(4-9)21(2,18)19/h3-5,7-8H,6,14H2,1-2H3. The lowest BCUT2D eigenvalue weighted by Gasteiger charge is -2.16. The van der Waals surface area contributed by atoms with Crippen molar-refractivity contribution in [3.63, 3.8) is 0 Å². The smallest absolute Gasteiger partial charge is 0.254 e. The summed E-state index contributed by atoms with van der Waals surface area (Å²) in [6.45, 7) is 0.353. The topological polar surface area (TPSA) is 93.4 Å². The molecule has 1 aromatic carbocycles. The lowest BCUT2D eigenvalue weighted by Crippen LogP contribution is -2.26. The number of aromatic nitrogens is 1. The van der Waals surface area contributed by atoms with Gasteiger partial charge in [-0.1, -0.05) is 0 Å². The summed E-state index contributed by atoms with van der Waals surface area (Å²) < 4.78 is 23.2. The predicted molar refractivity (Wildman–Crippen MR) is 81.9 cm³/mol. The van der Waals surface area contributed by atoms with E-state index in [4.69, 9.17) is 5.73 Å². The number of nitrogens with two attached hydrogens (primary N) is 1. The number of benzene rings is 1. The van der Waals surface area contributed by atoms with Crippen LogP contribution >= 0.6 is 11.3 Å². The Kier molecular flexibility index (Phi) is 4.29. The molecule has 0 aliphatic rings. The Morgan fingerprint density at radius 2 is 2.10 bits per heavy atom. The lowest BCUT2D eigenvalue weighted by molar-refractivity contribution is 0.0783. The van der Waals surface area contributed by atoms with Gasteiger partial charge in [0.25, 0.3) is 5.91 Å². The van der Waals surface area contributed by atoms with Crippen molar-refractivity contribution in [1.29, 1.82) is 0 Å². The normalized spacial score (nSPS) is 11.3. The van der Waals surface area contributed by atoms with Crippen molar-refractivity contribution in [3.8, 4) is 0 Å². The van der Waals surface area contributed by atoms with E-state index >= 15 is 0 Å². The molecule has 0 saturated heterocycles. The van der Waals surface area contributed by atoms with Gasteiger partial charge in [0.05, 0.1) is 22.6 Å². The molecule has 2 aromatic rings. The van der Waals surface area contributed by atoms with Gasteiger partial charge in [0.15, 0.2) is 9.84 Å². The van der Waals surface area contributed by atoms with E-state index in [0.29, 0.717) is 6.54 Å². The minimum Gasteiger partial charge on any atom is -0.399 e. The number of carbonyl (C=O) groups excluding carboxylic acids is 1. The Bertz CT molecular complexity index is 755. The van der Waals surface area contributed by atoms with Crippen molar-refractivity contribution in [3.05, 3.63) is 40.3 Å². The van der Waals surface area contributed by atoms with E-state index in [1.807, 2.05) is 5.38 Å². The number of nitrogens with zero attached hydrogens (tertiary/aromatic N) is 2. The maximum absolute atomic E-state index is 12.4. The van der Waals surface area contributed by atoms with Crippen LogP contribution in [0.2, 0.25) is 0 Å². The molecule has 1 heterocycles. The molecule has 0 aliphatic heterocycles. The van der Waals surface area contributed by atoms with Gasteiger partial charge >= 0.3 is 0 Å². The largest absolute Gasteiger partial charge is 0.399 e. The molecule has 0 atom stereocenters. The van der Waals surface area contributed by atoms with E-state index in [1.54, 1.807) is 12.6 Å². The summed E-state index contributed by atoms with van der Waals surface area (Å²) in [6.07, 6.45) is 1.08. The summed E-state index contributed by atoms with van der Waals surface area (Å²) in [5.74, 6) is -0.305. The molecule has 1 amide bonds. The lowest BCUT2D eigenvalue weighted by atomic mass is 10.2. The number of hydrogen-bond acceptors (Lipinski definition) is 6. The Hall–Kier alpha value is -1.93. The number of rotatable bonds is 4. The van der Waals surface area contributed by atoms with Gasteiger partial charge in [-0.2, -0.15) is 0 Å². The number of nitrogen functional groups attached to an aromatic ring is 1. The molecular weight excluding hydrogens is 310 g/mol. The fourth-order valence-corrected chi connectivity index (χ4v) is 3.05. The average Bonchev–Trinajstić information content (AvgIpc) is 2.88.